The van der Waals surface area contributed by atoms with E-state index >= 15 is 0 Å². The molecule has 164 valence electrons. The van der Waals surface area contributed by atoms with Gasteiger partial charge in [0.25, 0.3) is 0 Å². The highest BCUT2D eigenvalue weighted by molar-refractivity contribution is 5.88. The molecule has 0 atom stereocenters. The molecular formula is C21H26N6O4. The minimum absolute atomic E-state index is 0.184. The number of carbonyl (C=O) groups is 1. The second-order valence-corrected chi connectivity index (χ2v) is 7.04. The largest absolute Gasteiger partial charge is 0.443 e. The van der Waals surface area contributed by atoms with Gasteiger partial charge in [-0.15, -0.1) is 0 Å². The zero-order valence-corrected chi connectivity index (χ0v) is 17.4. The number of imidazole rings is 1. The lowest BCUT2D eigenvalue weighted by Crippen LogP contribution is -2.36. The summed E-state index contributed by atoms with van der Waals surface area (Å²) in [6, 6.07) is 11.4. The fourth-order valence-electron chi connectivity index (χ4n) is 3.35. The van der Waals surface area contributed by atoms with Crippen molar-refractivity contribution >= 4 is 28.8 Å². The molecule has 10 nitrogen and oxygen atoms in total. The van der Waals surface area contributed by atoms with E-state index in [0.29, 0.717) is 37.8 Å². The molecule has 2 aromatic heterocycles. The molecule has 1 saturated heterocycles. The summed E-state index contributed by atoms with van der Waals surface area (Å²) >= 11 is 0. The van der Waals surface area contributed by atoms with Crippen molar-refractivity contribution in [2.45, 2.75) is 13.2 Å². The first kappa shape index (κ1) is 20.9. The van der Waals surface area contributed by atoms with Crippen LogP contribution in [0, 0.1) is 0 Å². The smallest absolute Gasteiger partial charge is 0.426 e. The summed E-state index contributed by atoms with van der Waals surface area (Å²) in [6.45, 7) is 4.18. The first-order valence-electron chi connectivity index (χ1n) is 10.1. The minimum atomic E-state index is -0.591. The molecule has 0 unspecified atom stereocenters. The van der Waals surface area contributed by atoms with Gasteiger partial charge in [0.2, 0.25) is 0 Å². The number of nitrogens with zero attached hydrogens (tertiary/aromatic N) is 4. The molecule has 4 rings (SSSR count). The first-order valence-corrected chi connectivity index (χ1v) is 10.1. The lowest BCUT2D eigenvalue weighted by Gasteiger charge is -2.29. The van der Waals surface area contributed by atoms with Crippen LogP contribution in [0.1, 0.15) is 5.56 Å². The van der Waals surface area contributed by atoms with Crippen LogP contribution in [0.25, 0.3) is 11.2 Å². The highest BCUT2D eigenvalue weighted by Gasteiger charge is 2.19. The van der Waals surface area contributed by atoms with Crippen LogP contribution >= 0.6 is 0 Å². The van der Waals surface area contributed by atoms with E-state index in [9.17, 15) is 4.79 Å². The van der Waals surface area contributed by atoms with Gasteiger partial charge in [-0.3, -0.25) is 5.43 Å². The summed E-state index contributed by atoms with van der Waals surface area (Å²) in [5.74, 6) is 0.491. The first-order chi connectivity index (χ1) is 15.2. The van der Waals surface area contributed by atoms with Gasteiger partial charge < -0.3 is 23.7 Å². The Balaban J connectivity index is 1.49. The Morgan fingerprint density at radius 2 is 2.03 bits per heavy atom. The van der Waals surface area contributed by atoms with Crippen LogP contribution in [-0.2, 0) is 27.4 Å². The molecule has 3 aromatic rings. The van der Waals surface area contributed by atoms with Gasteiger partial charge in [-0.2, -0.15) is 0 Å². The number of hydrogen-bond acceptors (Lipinski definition) is 8. The van der Waals surface area contributed by atoms with Crippen molar-refractivity contribution in [1.82, 2.24) is 20.0 Å². The lowest BCUT2D eigenvalue weighted by molar-refractivity contribution is 0.123. The maximum Gasteiger partial charge on any atom is 0.426 e. The third-order valence-electron chi connectivity index (χ3n) is 4.95. The Labute approximate surface area is 180 Å². The van der Waals surface area contributed by atoms with Crippen molar-refractivity contribution in [3.8, 4) is 0 Å². The van der Waals surface area contributed by atoms with E-state index in [4.69, 9.17) is 14.2 Å². The van der Waals surface area contributed by atoms with Crippen molar-refractivity contribution < 1.29 is 19.0 Å². The second kappa shape index (κ2) is 10.1. The van der Waals surface area contributed by atoms with E-state index in [-0.39, 0.29) is 6.61 Å². The van der Waals surface area contributed by atoms with Crippen molar-refractivity contribution in [1.29, 1.82) is 0 Å². The van der Waals surface area contributed by atoms with E-state index in [1.165, 1.54) is 0 Å². The number of fused-ring (bicyclic) bond motifs is 1. The molecular weight excluding hydrogens is 400 g/mol. The van der Waals surface area contributed by atoms with Gasteiger partial charge in [0.15, 0.2) is 5.65 Å². The SMILES string of the molecule is COCCn1cnc2c(N3CCOCC3)cc(NNC(=O)OCc3ccccc3)nc21. The van der Waals surface area contributed by atoms with Crippen LogP contribution in [0.3, 0.4) is 0 Å². The molecule has 1 aliphatic rings. The van der Waals surface area contributed by atoms with Crippen LogP contribution in [0.2, 0.25) is 0 Å². The predicted molar refractivity (Wildman–Crippen MR) is 116 cm³/mol. The third-order valence-corrected chi connectivity index (χ3v) is 4.95. The van der Waals surface area contributed by atoms with Gasteiger partial charge in [-0.05, 0) is 5.56 Å². The number of hydrazine groups is 1. The number of nitrogens with one attached hydrogen (secondary N) is 2. The normalized spacial score (nSPS) is 13.9. The quantitative estimate of drug-likeness (QED) is 0.529. The zero-order chi connectivity index (χ0) is 21.5. The number of amides is 1. The predicted octanol–water partition coefficient (Wildman–Crippen LogP) is 2.17. The number of ether oxygens (including phenoxy) is 3. The third kappa shape index (κ3) is 5.22. The van der Waals surface area contributed by atoms with E-state index in [0.717, 1.165) is 29.9 Å². The Hall–Kier alpha value is -3.37. The Morgan fingerprint density at radius 3 is 2.81 bits per heavy atom. The summed E-state index contributed by atoms with van der Waals surface area (Å²) in [5.41, 5.74) is 8.77. The van der Waals surface area contributed by atoms with E-state index in [1.54, 1.807) is 13.4 Å². The maximum absolute atomic E-state index is 12.1. The molecule has 1 aliphatic heterocycles. The number of carbonyl (C=O) groups excluding carboxylic acids is 1. The highest BCUT2D eigenvalue weighted by atomic mass is 16.6. The standard InChI is InChI=1S/C21H26N6O4/c1-29-10-7-27-15-22-19-17(26-8-11-30-12-9-26)13-18(23-20(19)27)24-25-21(28)31-14-16-5-3-2-4-6-16/h2-6,13,15H,7-12,14H2,1H3,(H,23,24)(H,25,28). The summed E-state index contributed by atoms with van der Waals surface area (Å²) in [6.07, 6.45) is 1.16. The number of aromatic nitrogens is 3. The Bertz CT molecular complexity index is 1000. The highest BCUT2D eigenvalue weighted by Crippen LogP contribution is 2.28. The number of methoxy groups -OCH3 is 1. The average molecular weight is 426 g/mol. The molecule has 10 heteroatoms. The molecule has 31 heavy (non-hydrogen) atoms. The van der Waals surface area contributed by atoms with Crippen molar-refractivity contribution in [3.63, 3.8) is 0 Å². The summed E-state index contributed by atoms with van der Waals surface area (Å²) in [7, 11) is 1.66. The van der Waals surface area contributed by atoms with Gasteiger partial charge >= 0.3 is 6.09 Å². The molecule has 0 aliphatic carbocycles. The second-order valence-electron chi connectivity index (χ2n) is 7.04. The zero-order valence-electron chi connectivity index (χ0n) is 17.4. The molecule has 2 N–H and O–H groups in total. The molecule has 3 heterocycles. The lowest BCUT2D eigenvalue weighted by atomic mass is 10.2. The van der Waals surface area contributed by atoms with Crippen molar-refractivity contribution in [2.24, 2.45) is 0 Å². The molecule has 1 aromatic carbocycles. The number of hydrogen-bond donors (Lipinski definition) is 2. The fourth-order valence-corrected chi connectivity index (χ4v) is 3.35. The van der Waals surface area contributed by atoms with Gasteiger partial charge in [0.1, 0.15) is 17.9 Å². The van der Waals surface area contributed by atoms with E-state index in [1.807, 2.05) is 41.0 Å². The summed E-state index contributed by atoms with van der Waals surface area (Å²) in [4.78, 5) is 23.5. The van der Waals surface area contributed by atoms with Crippen LogP contribution in [0.15, 0.2) is 42.7 Å². The number of benzene rings is 1. The van der Waals surface area contributed by atoms with Crippen LogP contribution in [0.4, 0.5) is 16.3 Å². The molecule has 0 radical (unpaired) electrons. The summed E-state index contributed by atoms with van der Waals surface area (Å²) < 4.78 is 17.8. The van der Waals surface area contributed by atoms with Gasteiger partial charge in [-0.25, -0.2) is 20.2 Å². The number of anilines is 2. The van der Waals surface area contributed by atoms with Crippen LogP contribution in [-0.4, -0.2) is 60.6 Å². The van der Waals surface area contributed by atoms with Gasteiger partial charge in [-0.1, -0.05) is 30.3 Å². The van der Waals surface area contributed by atoms with E-state index < -0.39 is 6.09 Å². The minimum Gasteiger partial charge on any atom is -0.443 e. The molecule has 0 bridgehead atoms. The monoisotopic (exact) mass is 426 g/mol. The topological polar surface area (TPSA) is 103 Å². The molecule has 0 spiro atoms. The van der Waals surface area contributed by atoms with E-state index in [2.05, 4.69) is 25.7 Å². The Kier molecular flexibility index (Phi) is 6.80. The number of pyridine rings is 1. The van der Waals surface area contributed by atoms with Crippen LogP contribution < -0.4 is 15.8 Å². The van der Waals surface area contributed by atoms with Crippen LogP contribution in [0.5, 0.6) is 0 Å². The summed E-state index contributed by atoms with van der Waals surface area (Å²) in [5, 5.41) is 0. The molecule has 1 fully saturated rings. The van der Waals surface area contributed by atoms with Crippen molar-refractivity contribution in [3.05, 3.63) is 48.3 Å². The fraction of sp³-hybridized carbons (Fsp3) is 0.381. The maximum atomic E-state index is 12.1. The van der Waals surface area contributed by atoms with Gasteiger partial charge in [0, 0.05) is 32.8 Å². The molecule has 1 amide bonds. The van der Waals surface area contributed by atoms with Crippen molar-refractivity contribution in [2.75, 3.05) is 50.3 Å². The molecule has 0 saturated carbocycles. The van der Waals surface area contributed by atoms with Gasteiger partial charge in [0.05, 0.1) is 31.8 Å². The Morgan fingerprint density at radius 1 is 1.23 bits per heavy atom. The average Bonchev–Trinajstić information content (AvgIpc) is 3.23. The number of morpholine rings is 1. The number of rotatable bonds is 8.